The number of imidazole rings is 1. The minimum Gasteiger partial charge on any atom is -0.478 e. The molecule has 0 bridgehead atoms. The lowest BCUT2D eigenvalue weighted by atomic mass is 10.0. The van der Waals surface area contributed by atoms with Crippen LogP contribution in [0.4, 0.5) is 0 Å². The van der Waals surface area contributed by atoms with E-state index < -0.39 is 5.97 Å². The average Bonchev–Trinajstić information content (AvgIpc) is 2.85. The van der Waals surface area contributed by atoms with Gasteiger partial charge in [0, 0.05) is 6.54 Å². The predicted molar refractivity (Wildman–Crippen MR) is 84.6 cm³/mol. The van der Waals surface area contributed by atoms with Crippen molar-refractivity contribution in [2.45, 2.75) is 52.5 Å². The standard InChI is InChI=1S/C17H24N2O2/c1-13(2)8-5-3-4-6-11-19-12-18-15-10-7-9-14(16(15)19)17(20)21/h7,9-10,12-13H,3-6,8,11H2,1-2H3,(H,20,21). The van der Waals surface area contributed by atoms with E-state index in [1.54, 1.807) is 18.5 Å². The van der Waals surface area contributed by atoms with Crippen molar-refractivity contribution in [3.05, 3.63) is 30.1 Å². The molecule has 0 unspecified atom stereocenters. The summed E-state index contributed by atoms with van der Waals surface area (Å²) in [5, 5.41) is 9.28. The Bertz CT molecular complexity index is 602. The van der Waals surface area contributed by atoms with E-state index in [2.05, 4.69) is 18.8 Å². The zero-order chi connectivity index (χ0) is 15.2. The molecule has 2 rings (SSSR count). The average molecular weight is 288 g/mol. The van der Waals surface area contributed by atoms with E-state index in [1.807, 2.05) is 10.6 Å². The minimum atomic E-state index is -0.890. The molecule has 2 aromatic rings. The van der Waals surface area contributed by atoms with Gasteiger partial charge in [0.05, 0.1) is 22.9 Å². The fraction of sp³-hybridized carbons (Fsp3) is 0.529. The van der Waals surface area contributed by atoms with Crippen molar-refractivity contribution < 1.29 is 9.90 Å². The molecule has 4 heteroatoms. The van der Waals surface area contributed by atoms with Gasteiger partial charge < -0.3 is 9.67 Å². The lowest BCUT2D eigenvalue weighted by Gasteiger charge is -2.07. The van der Waals surface area contributed by atoms with Gasteiger partial charge in [-0.3, -0.25) is 0 Å². The summed E-state index contributed by atoms with van der Waals surface area (Å²) < 4.78 is 1.97. The summed E-state index contributed by atoms with van der Waals surface area (Å²) in [6, 6.07) is 5.25. The van der Waals surface area contributed by atoms with Crippen LogP contribution >= 0.6 is 0 Å². The van der Waals surface area contributed by atoms with E-state index in [1.165, 1.54) is 25.7 Å². The number of aryl methyl sites for hydroxylation is 1. The van der Waals surface area contributed by atoms with Crippen molar-refractivity contribution in [2.24, 2.45) is 5.92 Å². The smallest absolute Gasteiger partial charge is 0.337 e. The van der Waals surface area contributed by atoms with Crippen molar-refractivity contribution in [1.82, 2.24) is 9.55 Å². The number of benzene rings is 1. The number of aromatic carboxylic acids is 1. The number of carboxylic acids is 1. The minimum absolute atomic E-state index is 0.338. The van der Waals surface area contributed by atoms with Gasteiger partial charge in [-0.15, -0.1) is 0 Å². The maximum atomic E-state index is 11.3. The Morgan fingerprint density at radius 1 is 1.24 bits per heavy atom. The van der Waals surface area contributed by atoms with Crippen LogP contribution in [0.15, 0.2) is 24.5 Å². The Morgan fingerprint density at radius 2 is 2.00 bits per heavy atom. The molecule has 1 N–H and O–H groups in total. The highest BCUT2D eigenvalue weighted by atomic mass is 16.4. The molecular weight excluding hydrogens is 264 g/mol. The van der Waals surface area contributed by atoms with E-state index in [-0.39, 0.29) is 0 Å². The van der Waals surface area contributed by atoms with Gasteiger partial charge in [-0.1, -0.05) is 45.6 Å². The number of fused-ring (bicyclic) bond motifs is 1. The first-order valence-corrected chi connectivity index (χ1v) is 7.76. The first-order valence-electron chi connectivity index (χ1n) is 7.76. The quantitative estimate of drug-likeness (QED) is 0.735. The number of hydrogen-bond donors (Lipinski definition) is 1. The lowest BCUT2D eigenvalue weighted by molar-refractivity contribution is 0.0698. The summed E-state index contributed by atoms with van der Waals surface area (Å²) >= 11 is 0. The Hall–Kier alpha value is -1.84. The molecule has 21 heavy (non-hydrogen) atoms. The number of carbonyl (C=O) groups is 1. The summed E-state index contributed by atoms with van der Waals surface area (Å²) in [5.74, 6) is -0.111. The van der Waals surface area contributed by atoms with Crippen molar-refractivity contribution in [1.29, 1.82) is 0 Å². The SMILES string of the molecule is CC(C)CCCCCCn1cnc2cccc(C(=O)O)c21. The van der Waals surface area contributed by atoms with Crippen LogP contribution in [0.25, 0.3) is 11.0 Å². The van der Waals surface area contributed by atoms with E-state index in [4.69, 9.17) is 0 Å². The molecule has 0 spiro atoms. The van der Waals surface area contributed by atoms with Gasteiger partial charge in [0.2, 0.25) is 0 Å². The summed E-state index contributed by atoms with van der Waals surface area (Å²) in [4.78, 5) is 15.6. The van der Waals surface area contributed by atoms with Crippen molar-refractivity contribution in [3.8, 4) is 0 Å². The van der Waals surface area contributed by atoms with E-state index in [0.717, 1.165) is 29.9 Å². The van der Waals surface area contributed by atoms with Crippen molar-refractivity contribution >= 4 is 17.0 Å². The molecule has 0 amide bonds. The van der Waals surface area contributed by atoms with Crippen LogP contribution in [-0.4, -0.2) is 20.6 Å². The highest BCUT2D eigenvalue weighted by Gasteiger charge is 2.12. The van der Waals surface area contributed by atoms with Crippen molar-refractivity contribution in [3.63, 3.8) is 0 Å². The zero-order valence-electron chi connectivity index (χ0n) is 12.9. The van der Waals surface area contributed by atoms with Gasteiger partial charge in [0.1, 0.15) is 0 Å². The van der Waals surface area contributed by atoms with Gasteiger partial charge in [-0.25, -0.2) is 9.78 Å². The van der Waals surface area contributed by atoms with E-state index in [9.17, 15) is 9.90 Å². The van der Waals surface area contributed by atoms with Crippen LogP contribution in [0.1, 0.15) is 56.3 Å². The van der Waals surface area contributed by atoms with E-state index >= 15 is 0 Å². The molecule has 4 nitrogen and oxygen atoms in total. The lowest BCUT2D eigenvalue weighted by Crippen LogP contribution is -2.03. The first kappa shape index (κ1) is 15.5. The molecule has 0 aliphatic rings. The van der Waals surface area contributed by atoms with Crippen LogP contribution in [0.2, 0.25) is 0 Å². The predicted octanol–water partition coefficient (Wildman–Crippen LogP) is 4.34. The second-order valence-electron chi connectivity index (χ2n) is 6.01. The molecular formula is C17H24N2O2. The van der Waals surface area contributed by atoms with Crippen LogP contribution in [0.5, 0.6) is 0 Å². The van der Waals surface area contributed by atoms with Gasteiger partial charge in [-0.05, 0) is 24.5 Å². The molecule has 0 radical (unpaired) electrons. The largest absolute Gasteiger partial charge is 0.478 e. The third-order valence-corrected chi connectivity index (χ3v) is 3.80. The van der Waals surface area contributed by atoms with Crippen LogP contribution < -0.4 is 0 Å². The monoisotopic (exact) mass is 288 g/mol. The van der Waals surface area contributed by atoms with Crippen molar-refractivity contribution in [2.75, 3.05) is 0 Å². The molecule has 1 heterocycles. The van der Waals surface area contributed by atoms with Gasteiger partial charge >= 0.3 is 5.97 Å². The van der Waals surface area contributed by atoms with Gasteiger partial charge in [0.15, 0.2) is 0 Å². The number of hydrogen-bond acceptors (Lipinski definition) is 2. The molecule has 0 saturated carbocycles. The maximum Gasteiger partial charge on any atom is 0.337 e. The maximum absolute atomic E-state index is 11.3. The molecule has 0 atom stereocenters. The molecule has 1 aromatic heterocycles. The number of nitrogens with zero attached hydrogens (tertiary/aromatic N) is 2. The summed E-state index contributed by atoms with van der Waals surface area (Å²) in [5.41, 5.74) is 1.84. The summed E-state index contributed by atoms with van der Waals surface area (Å²) in [6.45, 7) is 5.35. The number of para-hydroxylation sites is 1. The summed E-state index contributed by atoms with van der Waals surface area (Å²) in [7, 11) is 0. The van der Waals surface area contributed by atoms with Gasteiger partial charge in [-0.2, -0.15) is 0 Å². The van der Waals surface area contributed by atoms with Crippen LogP contribution in [0, 0.1) is 5.92 Å². The Labute approximate surface area is 125 Å². The molecule has 0 aliphatic carbocycles. The molecule has 0 saturated heterocycles. The highest BCUT2D eigenvalue weighted by Crippen LogP contribution is 2.19. The Kier molecular flexibility index (Phi) is 5.37. The second kappa shape index (κ2) is 7.25. The summed E-state index contributed by atoms with van der Waals surface area (Å²) in [6.07, 6.45) is 7.82. The van der Waals surface area contributed by atoms with Crippen LogP contribution in [0.3, 0.4) is 0 Å². The number of carboxylic acid groups (broad SMARTS) is 1. The number of aromatic nitrogens is 2. The molecule has 0 aliphatic heterocycles. The fourth-order valence-corrected chi connectivity index (χ4v) is 2.66. The van der Waals surface area contributed by atoms with Gasteiger partial charge in [0.25, 0.3) is 0 Å². The van der Waals surface area contributed by atoms with E-state index in [0.29, 0.717) is 5.56 Å². The molecule has 114 valence electrons. The number of unbranched alkanes of at least 4 members (excludes halogenated alkanes) is 3. The molecule has 1 aromatic carbocycles. The Balaban J connectivity index is 1.95. The number of rotatable bonds is 8. The third-order valence-electron chi connectivity index (χ3n) is 3.80. The second-order valence-corrected chi connectivity index (χ2v) is 6.01. The highest BCUT2D eigenvalue weighted by molar-refractivity contribution is 6.01. The molecule has 0 fully saturated rings. The normalized spacial score (nSPS) is 11.4. The Morgan fingerprint density at radius 3 is 2.71 bits per heavy atom. The fourth-order valence-electron chi connectivity index (χ4n) is 2.66. The topological polar surface area (TPSA) is 55.1 Å². The zero-order valence-corrected chi connectivity index (χ0v) is 12.9. The first-order chi connectivity index (χ1) is 10.1. The van der Waals surface area contributed by atoms with Crippen LogP contribution in [-0.2, 0) is 6.54 Å². The third kappa shape index (κ3) is 4.06.